The molecule has 2 saturated heterocycles. The van der Waals surface area contributed by atoms with Crippen LogP contribution in [-0.4, -0.2) is 55.5 Å². The Hall–Kier alpha value is -2.08. The van der Waals surface area contributed by atoms with Crippen LogP contribution in [0.1, 0.15) is 42.5 Å². The molecule has 0 spiro atoms. The van der Waals surface area contributed by atoms with Crippen LogP contribution in [0.2, 0.25) is 0 Å². The molecule has 0 bridgehead atoms. The molecule has 3 aliphatic rings. The molecule has 0 radical (unpaired) electrons. The summed E-state index contributed by atoms with van der Waals surface area (Å²) in [6.45, 7) is 4.75. The third-order valence-corrected chi connectivity index (χ3v) is 5.54. The second kappa shape index (κ2) is 7.04. The second-order valence-electron chi connectivity index (χ2n) is 7.23. The van der Waals surface area contributed by atoms with E-state index in [1.54, 1.807) is 0 Å². The van der Waals surface area contributed by atoms with E-state index in [1.165, 1.54) is 12.8 Å². The number of carbonyl (C=O) groups excluding carboxylic acids is 2. The number of likely N-dealkylation sites (tertiary alicyclic amines) is 1. The van der Waals surface area contributed by atoms with Crippen molar-refractivity contribution in [1.82, 2.24) is 10.2 Å². The van der Waals surface area contributed by atoms with Crippen LogP contribution in [0.25, 0.3) is 0 Å². The van der Waals surface area contributed by atoms with Gasteiger partial charge in [0.15, 0.2) is 0 Å². The van der Waals surface area contributed by atoms with E-state index in [0.29, 0.717) is 12.1 Å². The van der Waals surface area contributed by atoms with E-state index < -0.39 is 0 Å². The molecule has 0 aromatic heterocycles. The number of amides is 2. The van der Waals surface area contributed by atoms with Crippen molar-refractivity contribution in [3.8, 4) is 0 Å². The van der Waals surface area contributed by atoms with Crippen molar-refractivity contribution in [2.45, 2.75) is 38.1 Å². The van der Waals surface area contributed by atoms with Gasteiger partial charge < -0.3 is 20.4 Å². The van der Waals surface area contributed by atoms with E-state index in [9.17, 15) is 9.59 Å². The largest absolute Gasteiger partial charge is 0.358 e. The van der Waals surface area contributed by atoms with Crippen LogP contribution in [0.4, 0.5) is 11.4 Å². The van der Waals surface area contributed by atoms with E-state index in [0.717, 1.165) is 56.8 Å². The van der Waals surface area contributed by atoms with Gasteiger partial charge in [-0.25, -0.2) is 0 Å². The molecular formula is C19H26N4O2. The highest BCUT2D eigenvalue weighted by Gasteiger charge is 2.34. The molecule has 0 saturated carbocycles. The molecule has 0 aliphatic carbocycles. The summed E-state index contributed by atoms with van der Waals surface area (Å²) >= 11 is 0. The summed E-state index contributed by atoms with van der Waals surface area (Å²) in [5.41, 5.74) is 2.41. The van der Waals surface area contributed by atoms with Crippen LogP contribution in [0.3, 0.4) is 0 Å². The molecule has 1 aromatic rings. The lowest BCUT2D eigenvalue weighted by molar-refractivity contribution is -0.118. The summed E-state index contributed by atoms with van der Waals surface area (Å²) in [6.07, 6.45) is 5.64. The zero-order valence-electron chi connectivity index (χ0n) is 14.6. The van der Waals surface area contributed by atoms with Gasteiger partial charge in [0, 0.05) is 25.2 Å². The third kappa shape index (κ3) is 3.35. The number of hydrogen-bond acceptors (Lipinski definition) is 4. The van der Waals surface area contributed by atoms with Crippen molar-refractivity contribution in [3.63, 3.8) is 0 Å². The quantitative estimate of drug-likeness (QED) is 0.876. The predicted molar refractivity (Wildman–Crippen MR) is 98.1 cm³/mol. The molecule has 1 atom stereocenters. The molecule has 2 amide bonds. The number of nitrogens with zero attached hydrogens (tertiary/aromatic N) is 2. The fourth-order valence-electron chi connectivity index (χ4n) is 4.17. The van der Waals surface area contributed by atoms with Crippen molar-refractivity contribution in [2.24, 2.45) is 0 Å². The highest BCUT2D eigenvalue weighted by molar-refractivity contribution is 6.05. The van der Waals surface area contributed by atoms with Gasteiger partial charge in [-0.1, -0.05) is 0 Å². The molecule has 6 nitrogen and oxygen atoms in total. The zero-order valence-corrected chi connectivity index (χ0v) is 14.6. The number of benzene rings is 1. The first-order chi connectivity index (χ1) is 12.2. The average molecular weight is 342 g/mol. The number of carbonyl (C=O) groups is 2. The highest BCUT2D eigenvalue weighted by Crippen LogP contribution is 2.36. The monoisotopic (exact) mass is 342 g/mol. The lowest BCUT2D eigenvalue weighted by Crippen LogP contribution is -2.50. The summed E-state index contributed by atoms with van der Waals surface area (Å²) < 4.78 is 0. The molecule has 25 heavy (non-hydrogen) atoms. The van der Waals surface area contributed by atoms with Crippen LogP contribution in [0.15, 0.2) is 18.2 Å². The Balaban J connectivity index is 1.42. The first kappa shape index (κ1) is 16.4. The van der Waals surface area contributed by atoms with Crippen molar-refractivity contribution >= 4 is 23.2 Å². The molecule has 6 heteroatoms. The topological polar surface area (TPSA) is 64.7 Å². The van der Waals surface area contributed by atoms with E-state index in [1.807, 2.05) is 18.2 Å². The van der Waals surface area contributed by atoms with Crippen molar-refractivity contribution in [1.29, 1.82) is 0 Å². The number of piperidine rings is 1. The van der Waals surface area contributed by atoms with Crippen LogP contribution in [-0.2, 0) is 4.79 Å². The number of fused-ring (bicyclic) bond motifs is 3. The predicted octanol–water partition coefficient (Wildman–Crippen LogP) is 1.82. The molecule has 134 valence electrons. The Morgan fingerprint density at radius 1 is 1.16 bits per heavy atom. The fraction of sp³-hybridized carbons (Fsp3) is 0.579. The van der Waals surface area contributed by atoms with E-state index in [4.69, 9.17) is 0 Å². The second-order valence-corrected chi connectivity index (χ2v) is 7.23. The van der Waals surface area contributed by atoms with Crippen molar-refractivity contribution in [3.05, 3.63) is 23.8 Å². The number of nitrogens with one attached hydrogen (secondary N) is 2. The number of rotatable bonds is 4. The van der Waals surface area contributed by atoms with Gasteiger partial charge in [-0.05, 0) is 63.4 Å². The van der Waals surface area contributed by atoms with Crippen LogP contribution < -0.4 is 15.5 Å². The van der Waals surface area contributed by atoms with E-state index in [-0.39, 0.29) is 17.9 Å². The molecular weight excluding hydrogens is 316 g/mol. The summed E-state index contributed by atoms with van der Waals surface area (Å²) in [6, 6.07) is 5.60. The van der Waals surface area contributed by atoms with Crippen LogP contribution in [0.5, 0.6) is 0 Å². The normalized spacial score (nSPS) is 23.0. The first-order valence-corrected chi connectivity index (χ1v) is 9.44. The average Bonchev–Trinajstić information content (AvgIpc) is 3.15. The standard InChI is InChI=1S/C19H26N4O2/c24-18(20-8-12-22-9-3-4-10-22)14-6-7-16-15(13-14)21-19(25)17-5-1-2-11-23(16)17/h6-7,13,17H,1-5,8-12H2,(H,20,24)(H,21,25). The molecule has 3 aliphatic heterocycles. The van der Waals surface area contributed by atoms with Gasteiger partial charge in [0.2, 0.25) is 5.91 Å². The van der Waals surface area contributed by atoms with Crippen LogP contribution >= 0.6 is 0 Å². The SMILES string of the molecule is O=C(NCCN1CCCC1)c1ccc2c(c1)NC(=O)C1CCCCN21. The Morgan fingerprint density at radius 3 is 2.80 bits per heavy atom. The molecule has 2 N–H and O–H groups in total. The smallest absolute Gasteiger partial charge is 0.251 e. The molecule has 1 aromatic carbocycles. The Bertz CT molecular complexity index is 669. The van der Waals surface area contributed by atoms with Gasteiger partial charge in [-0.15, -0.1) is 0 Å². The third-order valence-electron chi connectivity index (χ3n) is 5.54. The van der Waals surface area contributed by atoms with Gasteiger partial charge >= 0.3 is 0 Å². The molecule has 4 rings (SSSR count). The summed E-state index contributed by atoms with van der Waals surface area (Å²) in [5.74, 6) is -0.0178. The zero-order chi connectivity index (χ0) is 17.2. The van der Waals surface area contributed by atoms with Gasteiger partial charge in [0.1, 0.15) is 6.04 Å². The summed E-state index contributed by atoms with van der Waals surface area (Å²) in [7, 11) is 0. The maximum atomic E-state index is 12.4. The minimum atomic E-state index is -0.0722. The van der Waals surface area contributed by atoms with Crippen molar-refractivity contribution in [2.75, 3.05) is 42.9 Å². The Labute approximate surface area is 148 Å². The van der Waals surface area contributed by atoms with Gasteiger partial charge in [0.25, 0.3) is 5.91 Å². The van der Waals surface area contributed by atoms with E-state index >= 15 is 0 Å². The minimum absolute atomic E-state index is 0.0543. The lowest BCUT2D eigenvalue weighted by Gasteiger charge is -2.41. The number of anilines is 2. The van der Waals surface area contributed by atoms with Gasteiger partial charge in [-0.3, -0.25) is 9.59 Å². The fourth-order valence-corrected chi connectivity index (χ4v) is 4.17. The maximum absolute atomic E-state index is 12.4. The highest BCUT2D eigenvalue weighted by atomic mass is 16.2. The Morgan fingerprint density at radius 2 is 1.96 bits per heavy atom. The first-order valence-electron chi connectivity index (χ1n) is 9.44. The lowest BCUT2D eigenvalue weighted by atomic mass is 9.97. The van der Waals surface area contributed by atoms with Crippen LogP contribution in [0, 0.1) is 0 Å². The van der Waals surface area contributed by atoms with Gasteiger partial charge in [0.05, 0.1) is 11.4 Å². The van der Waals surface area contributed by atoms with Crippen molar-refractivity contribution < 1.29 is 9.59 Å². The summed E-state index contributed by atoms with van der Waals surface area (Å²) in [5, 5.41) is 5.98. The summed E-state index contributed by atoms with van der Waals surface area (Å²) in [4.78, 5) is 29.3. The molecule has 1 unspecified atom stereocenters. The number of hydrogen-bond donors (Lipinski definition) is 2. The van der Waals surface area contributed by atoms with E-state index in [2.05, 4.69) is 20.4 Å². The minimum Gasteiger partial charge on any atom is -0.358 e. The van der Waals surface area contributed by atoms with Gasteiger partial charge in [-0.2, -0.15) is 0 Å². The maximum Gasteiger partial charge on any atom is 0.251 e. The Kier molecular flexibility index (Phi) is 4.61. The molecule has 2 fully saturated rings. The molecule has 3 heterocycles.